The van der Waals surface area contributed by atoms with Crippen molar-refractivity contribution in [2.45, 2.75) is 25.9 Å². The van der Waals surface area contributed by atoms with E-state index in [9.17, 15) is 5.11 Å². The minimum atomic E-state index is 0.340. The first-order chi connectivity index (χ1) is 11.3. The molecule has 1 heterocycles. The summed E-state index contributed by atoms with van der Waals surface area (Å²) < 4.78 is 0. The van der Waals surface area contributed by atoms with Crippen LogP contribution >= 0.6 is 0 Å². The lowest BCUT2D eigenvalue weighted by Crippen LogP contribution is -2.34. The molecule has 0 amide bonds. The van der Waals surface area contributed by atoms with Crippen LogP contribution in [-0.2, 0) is 13.1 Å². The molecule has 0 unspecified atom stereocenters. The second-order valence-corrected chi connectivity index (χ2v) is 6.44. The summed E-state index contributed by atoms with van der Waals surface area (Å²) in [5, 5.41) is 12.7. The molecule has 1 saturated heterocycles. The van der Waals surface area contributed by atoms with E-state index in [2.05, 4.69) is 58.7 Å². The summed E-state index contributed by atoms with van der Waals surface area (Å²) in [6, 6.07) is 19.2. The summed E-state index contributed by atoms with van der Waals surface area (Å²) in [6.45, 7) is 4.37. The minimum Gasteiger partial charge on any atom is -0.396 e. The maximum atomic E-state index is 9.23. The highest BCUT2D eigenvalue weighted by molar-refractivity contribution is 5.46. The molecule has 0 aromatic heterocycles. The monoisotopic (exact) mass is 310 g/mol. The van der Waals surface area contributed by atoms with Crippen molar-refractivity contribution >= 4 is 5.69 Å². The Bertz CT molecular complexity index is 592. The van der Waals surface area contributed by atoms with E-state index in [-0.39, 0.29) is 0 Å². The molecule has 0 spiro atoms. The number of likely N-dealkylation sites (tertiary alicyclic amines) is 1. The highest BCUT2D eigenvalue weighted by Crippen LogP contribution is 2.20. The van der Waals surface area contributed by atoms with E-state index in [1.165, 1.54) is 16.8 Å². The molecule has 0 saturated carbocycles. The molecule has 23 heavy (non-hydrogen) atoms. The summed E-state index contributed by atoms with van der Waals surface area (Å²) >= 11 is 0. The lowest BCUT2D eigenvalue weighted by molar-refractivity contribution is 0.127. The zero-order valence-electron chi connectivity index (χ0n) is 13.6. The normalized spacial score (nSPS) is 16.4. The Labute approximate surface area is 139 Å². The van der Waals surface area contributed by atoms with Gasteiger partial charge in [0, 0.05) is 25.4 Å². The van der Waals surface area contributed by atoms with Crippen LogP contribution in [0.15, 0.2) is 54.6 Å². The van der Waals surface area contributed by atoms with Gasteiger partial charge in [0.25, 0.3) is 0 Å². The van der Waals surface area contributed by atoms with E-state index in [4.69, 9.17) is 0 Å². The second kappa shape index (κ2) is 8.14. The Morgan fingerprint density at radius 2 is 1.70 bits per heavy atom. The number of rotatable bonds is 6. The number of benzene rings is 2. The van der Waals surface area contributed by atoms with Crippen molar-refractivity contribution in [3.05, 3.63) is 65.7 Å². The third-order valence-corrected chi connectivity index (χ3v) is 4.64. The first-order valence-corrected chi connectivity index (χ1v) is 8.53. The van der Waals surface area contributed by atoms with Gasteiger partial charge >= 0.3 is 0 Å². The van der Waals surface area contributed by atoms with Gasteiger partial charge in [-0.25, -0.2) is 0 Å². The standard InChI is InChI=1S/C20H26N2O/c23-16-18-9-11-22(12-10-18)15-19-7-4-8-20(13-19)21-14-17-5-2-1-3-6-17/h1-8,13,18,21,23H,9-12,14-16H2. The predicted octanol–water partition coefficient (Wildman–Crippen LogP) is 3.50. The van der Waals surface area contributed by atoms with Crippen LogP contribution < -0.4 is 5.32 Å². The largest absolute Gasteiger partial charge is 0.396 e. The number of nitrogens with one attached hydrogen (secondary N) is 1. The summed E-state index contributed by atoms with van der Waals surface area (Å²) in [7, 11) is 0. The Morgan fingerprint density at radius 3 is 2.43 bits per heavy atom. The maximum Gasteiger partial charge on any atom is 0.0460 e. The third-order valence-electron chi connectivity index (χ3n) is 4.64. The molecule has 0 aliphatic carbocycles. The van der Waals surface area contributed by atoms with Gasteiger partial charge in [0.15, 0.2) is 0 Å². The van der Waals surface area contributed by atoms with Crippen molar-refractivity contribution in [1.29, 1.82) is 0 Å². The second-order valence-electron chi connectivity index (χ2n) is 6.44. The Hall–Kier alpha value is -1.84. The van der Waals surface area contributed by atoms with Crippen LogP contribution in [0.2, 0.25) is 0 Å². The van der Waals surface area contributed by atoms with Crippen LogP contribution in [-0.4, -0.2) is 29.7 Å². The van der Waals surface area contributed by atoms with Crippen LogP contribution in [0.1, 0.15) is 24.0 Å². The highest BCUT2D eigenvalue weighted by Gasteiger charge is 2.18. The van der Waals surface area contributed by atoms with Gasteiger partial charge in [0.2, 0.25) is 0 Å². The van der Waals surface area contributed by atoms with Crippen LogP contribution in [0, 0.1) is 5.92 Å². The summed E-state index contributed by atoms with van der Waals surface area (Å²) in [4.78, 5) is 2.49. The van der Waals surface area contributed by atoms with Gasteiger partial charge in [0.05, 0.1) is 0 Å². The Morgan fingerprint density at radius 1 is 0.957 bits per heavy atom. The van der Waals surface area contributed by atoms with Gasteiger partial charge in [-0.15, -0.1) is 0 Å². The zero-order chi connectivity index (χ0) is 15.9. The van der Waals surface area contributed by atoms with Gasteiger partial charge in [-0.05, 0) is 55.1 Å². The van der Waals surface area contributed by atoms with E-state index in [0.29, 0.717) is 12.5 Å². The SMILES string of the molecule is OCC1CCN(Cc2cccc(NCc3ccccc3)c2)CC1. The van der Waals surface area contributed by atoms with Gasteiger partial charge in [0.1, 0.15) is 0 Å². The molecular formula is C20H26N2O. The molecule has 0 atom stereocenters. The van der Waals surface area contributed by atoms with E-state index >= 15 is 0 Å². The summed E-state index contributed by atoms with van der Waals surface area (Å²) in [6.07, 6.45) is 2.23. The fourth-order valence-corrected chi connectivity index (χ4v) is 3.16. The maximum absolute atomic E-state index is 9.23. The van der Waals surface area contributed by atoms with Crippen molar-refractivity contribution in [2.24, 2.45) is 5.92 Å². The van der Waals surface area contributed by atoms with Gasteiger partial charge in [-0.2, -0.15) is 0 Å². The average molecular weight is 310 g/mol. The number of anilines is 1. The molecule has 2 N–H and O–H groups in total. The number of nitrogens with zero attached hydrogens (tertiary/aromatic N) is 1. The van der Waals surface area contributed by atoms with Crippen LogP contribution in [0.3, 0.4) is 0 Å². The molecule has 0 radical (unpaired) electrons. The van der Waals surface area contributed by atoms with Crippen molar-refractivity contribution in [3.63, 3.8) is 0 Å². The average Bonchev–Trinajstić information content (AvgIpc) is 2.62. The summed E-state index contributed by atoms with van der Waals surface area (Å²) in [5.74, 6) is 0.505. The van der Waals surface area contributed by atoms with Crippen LogP contribution in [0.5, 0.6) is 0 Å². The Balaban J connectivity index is 1.53. The van der Waals surface area contributed by atoms with Gasteiger partial charge in [-0.1, -0.05) is 42.5 Å². The van der Waals surface area contributed by atoms with Gasteiger partial charge in [-0.3, -0.25) is 4.90 Å². The molecule has 1 aliphatic heterocycles. The number of hydrogen-bond donors (Lipinski definition) is 2. The minimum absolute atomic E-state index is 0.340. The number of aliphatic hydroxyl groups excluding tert-OH is 1. The van der Waals surface area contributed by atoms with E-state index in [0.717, 1.165) is 39.0 Å². The number of piperidine rings is 1. The highest BCUT2D eigenvalue weighted by atomic mass is 16.3. The molecule has 3 heteroatoms. The molecule has 1 fully saturated rings. The topological polar surface area (TPSA) is 35.5 Å². The van der Waals surface area contributed by atoms with Crippen molar-refractivity contribution in [3.8, 4) is 0 Å². The lowest BCUT2D eigenvalue weighted by Gasteiger charge is -2.31. The van der Waals surface area contributed by atoms with Crippen LogP contribution in [0.25, 0.3) is 0 Å². The lowest BCUT2D eigenvalue weighted by atomic mass is 9.97. The van der Waals surface area contributed by atoms with Crippen molar-refractivity contribution in [1.82, 2.24) is 4.90 Å². The van der Waals surface area contributed by atoms with Gasteiger partial charge < -0.3 is 10.4 Å². The molecule has 3 rings (SSSR count). The fourth-order valence-electron chi connectivity index (χ4n) is 3.16. The zero-order valence-corrected chi connectivity index (χ0v) is 13.6. The smallest absolute Gasteiger partial charge is 0.0460 e. The molecule has 0 bridgehead atoms. The number of hydrogen-bond acceptors (Lipinski definition) is 3. The predicted molar refractivity (Wildman–Crippen MR) is 95.3 cm³/mol. The quantitative estimate of drug-likeness (QED) is 0.857. The molecular weight excluding hydrogens is 284 g/mol. The molecule has 2 aromatic rings. The van der Waals surface area contributed by atoms with Crippen LogP contribution in [0.4, 0.5) is 5.69 Å². The Kier molecular flexibility index (Phi) is 5.67. The molecule has 1 aliphatic rings. The first kappa shape index (κ1) is 16.0. The van der Waals surface area contributed by atoms with Crippen molar-refractivity contribution in [2.75, 3.05) is 25.0 Å². The molecule has 2 aromatic carbocycles. The number of aliphatic hydroxyl groups is 1. The third kappa shape index (κ3) is 4.81. The van der Waals surface area contributed by atoms with E-state index < -0.39 is 0 Å². The first-order valence-electron chi connectivity index (χ1n) is 8.53. The molecule has 122 valence electrons. The van der Waals surface area contributed by atoms with E-state index in [1.807, 2.05) is 6.07 Å². The fraction of sp³-hybridized carbons (Fsp3) is 0.400. The van der Waals surface area contributed by atoms with E-state index in [1.54, 1.807) is 0 Å². The summed E-state index contributed by atoms with van der Waals surface area (Å²) in [5.41, 5.74) is 3.83. The molecule has 3 nitrogen and oxygen atoms in total. The van der Waals surface area contributed by atoms with Crippen molar-refractivity contribution < 1.29 is 5.11 Å².